The Bertz CT molecular complexity index is 1040. The Labute approximate surface area is 191 Å². The van der Waals surface area contributed by atoms with Crippen LogP contribution in [0.4, 0.5) is 11.4 Å². The summed E-state index contributed by atoms with van der Waals surface area (Å²) in [7, 11) is -3.76. The highest BCUT2D eigenvalue weighted by Crippen LogP contribution is 2.28. The number of ether oxygens (including phenoxy) is 1. The van der Waals surface area contributed by atoms with Gasteiger partial charge < -0.3 is 10.1 Å². The molecule has 3 rings (SSSR count). The van der Waals surface area contributed by atoms with Crippen LogP contribution < -0.4 is 14.4 Å². The number of nitrogens with one attached hydrogen (secondary N) is 1. The minimum absolute atomic E-state index is 0.136. The molecule has 1 atom stereocenters. The van der Waals surface area contributed by atoms with Gasteiger partial charge in [0.1, 0.15) is 5.75 Å². The van der Waals surface area contributed by atoms with Gasteiger partial charge >= 0.3 is 10.2 Å². The highest BCUT2D eigenvalue weighted by Gasteiger charge is 2.35. The quantitative estimate of drug-likeness (QED) is 0.644. The Kier molecular flexibility index (Phi) is 7.79. The molecule has 32 heavy (non-hydrogen) atoms. The minimum Gasteiger partial charge on any atom is -0.494 e. The predicted molar refractivity (Wildman–Crippen MR) is 128 cm³/mol. The van der Waals surface area contributed by atoms with Crippen molar-refractivity contribution < 1.29 is 17.9 Å². The van der Waals surface area contributed by atoms with E-state index in [1.54, 1.807) is 24.3 Å². The van der Waals surface area contributed by atoms with Crippen LogP contribution >= 0.6 is 0 Å². The molecule has 1 saturated heterocycles. The lowest BCUT2D eigenvalue weighted by Gasteiger charge is -2.35. The summed E-state index contributed by atoms with van der Waals surface area (Å²) in [4.78, 5) is 13.0. The zero-order valence-corrected chi connectivity index (χ0v) is 20.1. The van der Waals surface area contributed by atoms with Crippen LogP contribution in [0.3, 0.4) is 0 Å². The summed E-state index contributed by atoms with van der Waals surface area (Å²) in [6.07, 6.45) is 1.31. The summed E-state index contributed by atoms with van der Waals surface area (Å²) in [5, 5.41) is 3.00. The number of piperidine rings is 1. The maximum atomic E-state index is 13.4. The van der Waals surface area contributed by atoms with E-state index >= 15 is 0 Å². The lowest BCUT2D eigenvalue weighted by molar-refractivity contribution is -0.120. The molecule has 0 aromatic heterocycles. The fraction of sp³-hybridized carbons (Fsp3) is 0.458. The lowest BCUT2D eigenvalue weighted by Crippen LogP contribution is -2.50. The number of amides is 1. The second kappa shape index (κ2) is 10.4. The van der Waals surface area contributed by atoms with Gasteiger partial charge in [-0.25, -0.2) is 0 Å². The predicted octanol–water partition coefficient (Wildman–Crippen LogP) is 4.12. The maximum absolute atomic E-state index is 13.4. The van der Waals surface area contributed by atoms with E-state index in [1.807, 2.05) is 45.9 Å². The third-order valence-electron chi connectivity index (χ3n) is 5.73. The Morgan fingerprint density at radius 3 is 2.53 bits per heavy atom. The molecular weight excluding hydrogens is 426 g/mol. The van der Waals surface area contributed by atoms with Gasteiger partial charge in [-0.15, -0.1) is 0 Å². The number of rotatable bonds is 8. The molecule has 0 unspecified atom stereocenters. The standard InChI is InChI=1S/C24H33N3O4S/c1-5-27(21-11-13-22(14-12-21)31-6-2)32(29,30)26-15-7-8-20(17-26)24(28)25-23-16-18(3)9-10-19(23)4/h9-14,16,20H,5-8,15,17H2,1-4H3,(H,25,28)/t20-/m0/s1. The summed E-state index contributed by atoms with van der Waals surface area (Å²) >= 11 is 0. The van der Waals surface area contributed by atoms with Gasteiger partial charge in [-0.2, -0.15) is 12.7 Å². The van der Waals surface area contributed by atoms with Gasteiger partial charge in [0.2, 0.25) is 5.91 Å². The van der Waals surface area contributed by atoms with E-state index in [9.17, 15) is 13.2 Å². The van der Waals surface area contributed by atoms with Gasteiger partial charge in [-0.1, -0.05) is 12.1 Å². The molecule has 1 aliphatic heterocycles. The summed E-state index contributed by atoms with van der Waals surface area (Å²) in [5.41, 5.74) is 3.40. The summed E-state index contributed by atoms with van der Waals surface area (Å²) < 4.78 is 35.2. The molecule has 0 saturated carbocycles. The van der Waals surface area contributed by atoms with Crippen molar-refractivity contribution in [3.05, 3.63) is 53.6 Å². The average Bonchev–Trinajstić information content (AvgIpc) is 2.78. The van der Waals surface area contributed by atoms with Crippen molar-refractivity contribution in [1.82, 2.24) is 4.31 Å². The van der Waals surface area contributed by atoms with Crippen molar-refractivity contribution >= 4 is 27.5 Å². The van der Waals surface area contributed by atoms with Crippen LogP contribution in [-0.2, 0) is 15.0 Å². The van der Waals surface area contributed by atoms with Gasteiger partial charge in [-0.05, 0) is 82.0 Å². The van der Waals surface area contributed by atoms with E-state index in [1.165, 1.54) is 8.61 Å². The molecule has 0 spiro atoms. The smallest absolute Gasteiger partial charge is 0.304 e. The number of aryl methyl sites for hydroxylation is 2. The number of benzene rings is 2. The van der Waals surface area contributed by atoms with Crippen molar-refractivity contribution in [1.29, 1.82) is 0 Å². The SMILES string of the molecule is CCOc1ccc(N(CC)S(=O)(=O)N2CCC[C@H](C(=O)Nc3cc(C)ccc3C)C2)cc1. The van der Waals surface area contributed by atoms with Crippen LogP contribution in [0.15, 0.2) is 42.5 Å². The number of nitrogens with zero attached hydrogens (tertiary/aromatic N) is 2. The monoisotopic (exact) mass is 459 g/mol. The van der Waals surface area contributed by atoms with E-state index in [4.69, 9.17) is 4.74 Å². The largest absolute Gasteiger partial charge is 0.494 e. The molecule has 1 aliphatic rings. The number of anilines is 2. The number of hydrogen-bond acceptors (Lipinski definition) is 4. The molecule has 1 N–H and O–H groups in total. The van der Waals surface area contributed by atoms with Crippen LogP contribution in [0.2, 0.25) is 0 Å². The zero-order valence-electron chi connectivity index (χ0n) is 19.3. The van der Waals surface area contributed by atoms with Gasteiger partial charge in [0.15, 0.2) is 0 Å². The number of hydrogen-bond donors (Lipinski definition) is 1. The van der Waals surface area contributed by atoms with Gasteiger partial charge in [0.05, 0.1) is 18.2 Å². The third kappa shape index (κ3) is 5.42. The van der Waals surface area contributed by atoms with Crippen molar-refractivity contribution in [2.45, 2.75) is 40.5 Å². The van der Waals surface area contributed by atoms with Crippen molar-refractivity contribution in [3.8, 4) is 5.75 Å². The third-order valence-corrected chi connectivity index (χ3v) is 7.74. The van der Waals surface area contributed by atoms with Crippen molar-refractivity contribution in [2.24, 2.45) is 5.92 Å². The van der Waals surface area contributed by atoms with Crippen molar-refractivity contribution in [2.75, 3.05) is 35.9 Å². The molecule has 1 amide bonds. The van der Waals surface area contributed by atoms with Gasteiger partial charge in [-0.3, -0.25) is 9.10 Å². The van der Waals surface area contributed by atoms with E-state index in [2.05, 4.69) is 5.32 Å². The zero-order chi connectivity index (χ0) is 23.3. The van der Waals surface area contributed by atoms with Crippen LogP contribution in [0, 0.1) is 19.8 Å². The fourth-order valence-corrected chi connectivity index (χ4v) is 5.69. The van der Waals surface area contributed by atoms with Crippen LogP contribution in [0.1, 0.15) is 37.8 Å². The lowest BCUT2D eigenvalue weighted by atomic mass is 9.98. The van der Waals surface area contributed by atoms with Gasteiger partial charge in [0, 0.05) is 25.3 Å². The van der Waals surface area contributed by atoms with E-state index in [0.717, 1.165) is 16.8 Å². The second-order valence-electron chi connectivity index (χ2n) is 8.10. The average molecular weight is 460 g/mol. The molecule has 7 nitrogen and oxygen atoms in total. The molecule has 2 aromatic rings. The van der Waals surface area contributed by atoms with E-state index in [0.29, 0.717) is 44.0 Å². The molecule has 2 aromatic carbocycles. The molecule has 1 fully saturated rings. The first-order chi connectivity index (χ1) is 15.3. The molecule has 174 valence electrons. The minimum atomic E-state index is -3.76. The summed E-state index contributed by atoms with van der Waals surface area (Å²) in [6.45, 7) is 9.06. The summed E-state index contributed by atoms with van der Waals surface area (Å²) in [5.74, 6) is 0.172. The second-order valence-corrected chi connectivity index (χ2v) is 9.96. The Morgan fingerprint density at radius 1 is 1.16 bits per heavy atom. The van der Waals surface area contributed by atoms with Crippen LogP contribution in [0.5, 0.6) is 5.75 Å². The van der Waals surface area contributed by atoms with Gasteiger partial charge in [0.25, 0.3) is 0 Å². The molecule has 0 radical (unpaired) electrons. The normalized spacial score (nSPS) is 17.1. The first-order valence-corrected chi connectivity index (χ1v) is 12.5. The fourth-order valence-electron chi connectivity index (χ4n) is 3.96. The Morgan fingerprint density at radius 2 is 1.88 bits per heavy atom. The molecule has 1 heterocycles. The first-order valence-electron chi connectivity index (χ1n) is 11.1. The first kappa shape index (κ1) is 24.1. The highest BCUT2D eigenvalue weighted by atomic mass is 32.2. The number of carbonyl (C=O) groups is 1. The Hall–Kier alpha value is -2.58. The van der Waals surface area contributed by atoms with E-state index < -0.39 is 16.1 Å². The van der Waals surface area contributed by atoms with E-state index in [-0.39, 0.29) is 12.5 Å². The Balaban J connectivity index is 1.74. The topological polar surface area (TPSA) is 79.0 Å². The van der Waals surface area contributed by atoms with Crippen LogP contribution in [0.25, 0.3) is 0 Å². The van der Waals surface area contributed by atoms with Crippen molar-refractivity contribution in [3.63, 3.8) is 0 Å². The summed E-state index contributed by atoms with van der Waals surface area (Å²) in [6, 6.07) is 13.0. The molecular formula is C24H33N3O4S. The number of carbonyl (C=O) groups excluding carboxylic acids is 1. The van der Waals surface area contributed by atoms with Crippen LogP contribution in [-0.4, -0.2) is 44.9 Å². The molecule has 0 bridgehead atoms. The molecule has 0 aliphatic carbocycles. The highest BCUT2D eigenvalue weighted by molar-refractivity contribution is 7.90. The maximum Gasteiger partial charge on any atom is 0.304 e. The molecule has 8 heteroatoms.